The van der Waals surface area contributed by atoms with E-state index in [1.54, 1.807) is 0 Å². The summed E-state index contributed by atoms with van der Waals surface area (Å²) in [7, 11) is 0. The molecule has 0 bridgehead atoms. The van der Waals surface area contributed by atoms with Gasteiger partial charge in [-0.15, -0.1) is 0 Å². The third-order valence-electron chi connectivity index (χ3n) is 9.09. The third-order valence-corrected chi connectivity index (χ3v) is 9.09. The molecule has 5 heteroatoms. The first kappa shape index (κ1) is 43.8. The van der Waals surface area contributed by atoms with Gasteiger partial charge in [-0.05, 0) is 38.5 Å². The minimum Gasteiger partial charge on any atom is -0.394 e. The number of hydrogen-bond donors (Lipinski definition) is 4. The minimum atomic E-state index is -1.13. The molecule has 0 aromatic rings. The quantitative estimate of drug-likeness (QED) is 0.0412. The molecule has 5 nitrogen and oxygen atoms in total. The molecule has 0 rings (SSSR count). The van der Waals surface area contributed by atoms with Crippen LogP contribution in [0, 0.1) is 0 Å². The van der Waals surface area contributed by atoms with Crippen LogP contribution in [0.5, 0.6) is 0 Å². The van der Waals surface area contributed by atoms with Crippen molar-refractivity contribution < 1.29 is 20.1 Å². The zero-order valence-corrected chi connectivity index (χ0v) is 30.0. The van der Waals surface area contributed by atoms with E-state index in [-0.39, 0.29) is 12.5 Å². The molecular weight excluding hydrogens is 558 g/mol. The topological polar surface area (TPSA) is 89.8 Å². The van der Waals surface area contributed by atoms with Crippen molar-refractivity contribution in [1.82, 2.24) is 5.32 Å². The van der Waals surface area contributed by atoms with E-state index in [2.05, 4.69) is 43.5 Å². The summed E-state index contributed by atoms with van der Waals surface area (Å²) >= 11 is 0. The van der Waals surface area contributed by atoms with Gasteiger partial charge in [0.1, 0.15) is 6.10 Å². The van der Waals surface area contributed by atoms with E-state index in [0.717, 1.165) is 38.5 Å². The van der Waals surface area contributed by atoms with Gasteiger partial charge in [-0.3, -0.25) is 4.79 Å². The number of carbonyl (C=O) groups excluding carboxylic acids is 1. The van der Waals surface area contributed by atoms with Crippen molar-refractivity contribution in [3.63, 3.8) is 0 Å². The molecule has 0 aliphatic carbocycles. The number of nitrogens with one attached hydrogen (secondary N) is 1. The largest absolute Gasteiger partial charge is 0.394 e. The van der Waals surface area contributed by atoms with Gasteiger partial charge in [0.25, 0.3) is 0 Å². The molecule has 45 heavy (non-hydrogen) atoms. The molecule has 4 N–H and O–H groups in total. The number of rotatable bonds is 35. The van der Waals surface area contributed by atoms with Gasteiger partial charge in [0.2, 0.25) is 5.91 Å². The Hall–Kier alpha value is -1.17. The van der Waals surface area contributed by atoms with Gasteiger partial charge in [-0.2, -0.15) is 0 Å². The number of unbranched alkanes of at least 4 members (excludes halogenated alkanes) is 24. The van der Waals surface area contributed by atoms with Crippen LogP contribution in [0.1, 0.15) is 200 Å². The van der Waals surface area contributed by atoms with Crippen molar-refractivity contribution in [3.05, 3.63) is 24.3 Å². The lowest BCUT2D eigenvalue weighted by Gasteiger charge is -2.26. The Morgan fingerprint density at radius 2 is 0.933 bits per heavy atom. The van der Waals surface area contributed by atoms with Crippen molar-refractivity contribution in [3.8, 4) is 0 Å². The van der Waals surface area contributed by atoms with Gasteiger partial charge in [0.15, 0.2) is 0 Å². The summed E-state index contributed by atoms with van der Waals surface area (Å²) in [5.74, 6) is -0.150. The molecule has 0 heterocycles. The molecule has 0 radical (unpaired) electrons. The fourth-order valence-corrected chi connectivity index (χ4v) is 5.98. The summed E-state index contributed by atoms with van der Waals surface area (Å²) in [5, 5.41) is 33.4. The van der Waals surface area contributed by atoms with Crippen LogP contribution < -0.4 is 5.32 Å². The maximum atomic E-state index is 12.4. The monoisotopic (exact) mass is 636 g/mol. The summed E-state index contributed by atoms with van der Waals surface area (Å²) in [6, 6.07) is -0.807. The van der Waals surface area contributed by atoms with Crippen LogP contribution in [0.15, 0.2) is 24.3 Å². The maximum absolute atomic E-state index is 12.4. The van der Waals surface area contributed by atoms with E-state index in [4.69, 9.17) is 0 Å². The van der Waals surface area contributed by atoms with Crippen molar-refractivity contribution in [2.45, 2.75) is 218 Å². The molecule has 0 aromatic heterocycles. The molecular formula is C40H77NO4. The van der Waals surface area contributed by atoms with Crippen molar-refractivity contribution in [2.24, 2.45) is 0 Å². The third kappa shape index (κ3) is 31.2. The van der Waals surface area contributed by atoms with E-state index in [0.29, 0.717) is 12.8 Å². The molecule has 0 aliphatic rings. The number of carbonyl (C=O) groups is 1. The van der Waals surface area contributed by atoms with Gasteiger partial charge in [0.05, 0.1) is 18.8 Å². The zero-order valence-electron chi connectivity index (χ0n) is 30.0. The molecule has 0 spiro atoms. The number of aliphatic hydroxyl groups is 3. The van der Waals surface area contributed by atoms with Crippen LogP contribution in [0.25, 0.3) is 0 Å². The minimum absolute atomic E-state index is 0.150. The number of amides is 1. The first-order valence-corrected chi connectivity index (χ1v) is 19.6. The fraction of sp³-hybridized carbons (Fsp3) is 0.875. The highest BCUT2D eigenvalue weighted by Crippen LogP contribution is 2.16. The molecule has 0 fully saturated rings. The second-order valence-electron chi connectivity index (χ2n) is 13.5. The second-order valence-corrected chi connectivity index (χ2v) is 13.5. The SMILES string of the molecule is CCCCC/C=C\C=C/CCCCCCCCCCCCC(=O)NC(CO)C(O)C(O)CCCCCCCCCCCCCC. The Morgan fingerprint density at radius 1 is 0.556 bits per heavy atom. The molecule has 3 unspecified atom stereocenters. The molecule has 1 amide bonds. The summed E-state index contributed by atoms with van der Waals surface area (Å²) in [6.07, 6.45) is 41.2. The first-order valence-electron chi connectivity index (χ1n) is 19.6. The summed E-state index contributed by atoms with van der Waals surface area (Å²) in [6.45, 7) is 4.13. The van der Waals surface area contributed by atoms with E-state index in [9.17, 15) is 20.1 Å². The highest BCUT2D eigenvalue weighted by molar-refractivity contribution is 5.76. The van der Waals surface area contributed by atoms with Crippen LogP contribution in [0.2, 0.25) is 0 Å². The van der Waals surface area contributed by atoms with E-state index in [1.807, 2.05) is 0 Å². The zero-order chi connectivity index (χ0) is 33.1. The first-order chi connectivity index (χ1) is 22.1. The lowest BCUT2D eigenvalue weighted by Crippen LogP contribution is -2.50. The molecule has 266 valence electrons. The highest BCUT2D eigenvalue weighted by atomic mass is 16.3. The van der Waals surface area contributed by atoms with Crippen LogP contribution in [-0.2, 0) is 4.79 Å². The van der Waals surface area contributed by atoms with E-state index < -0.39 is 18.2 Å². The molecule has 3 atom stereocenters. The standard InChI is InChI=1S/C40H77NO4/c1-3-5-7-9-11-13-15-17-18-19-20-21-22-23-25-27-29-31-33-35-39(44)41-37(36-42)40(45)38(43)34-32-30-28-26-24-16-14-12-10-8-6-4-2/h11,13,15,17,37-38,40,42-43,45H,3-10,12,14,16,18-36H2,1-2H3,(H,41,44)/b13-11-,17-15-. The average Bonchev–Trinajstić information content (AvgIpc) is 3.04. The Labute approximate surface area is 280 Å². The van der Waals surface area contributed by atoms with Crippen LogP contribution in [-0.4, -0.2) is 46.1 Å². The summed E-state index contributed by atoms with van der Waals surface area (Å²) in [4.78, 5) is 12.4. The van der Waals surface area contributed by atoms with Crippen molar-refractivity contribution in [1.29, 1.82) is 0 Å². The highest BCUT2D eigenvalue weighted by Gasteiger charge is 2.26. The number of allylic oxidation sites excluding steroid dienone is 4. The van der Waals surface area contributed by atoms with Crippen LogP contribution in [0.3, 0.4) is 0 Å². The fourth-order valence-electron chi connectivity index (χ4n) is 5.98. The Morgan fingerprint density at radius 3 is 1.40 bits per heavy atom. The molecule has 0 saturated heterocycles. The van der Waals surface area contributed by atoms with E-state index >= 15 is 0 Å². The average molecular weight is 636 g/mol. The van der Waals surface area contributed by atoms with Crippen molar-refractivity contribution in [2.75, 3.05) is 6.61 Å². The Balaban J connectivity index is 3.66. The van der Waals surface area contributed by atoms with Gasteiger partial charge in [0, 0.05) is 6.42 Å². The van der Waals surface area contributed by atoms with Gasteiger partial charge >= 0.3 is 0 Å². The molecule has 0 aliphatic heterocycles. The lowest BCUT2D eigenvalue weighted by atomic mass is 9.99. The smallest absolute Gasteiger partial charge is 0.220 e. The predicted octanol–water partition coefficient (Wildman–Crippen LogP) is 10.7. The predicted molar refractivity (Wildman–Crippen MR) is 195 cm³/mol. The van der Waals surface area contributed by atoms with Crippen LogP contribution >= 0.6 is 0 Å². The van der Waals surface area contributed by atoms with E-state index in [1.165, 1.54) is 135 Å². The lowest BCUT2D eigenvalue weighted by molar-refractivity contribution is -0.124. The normalized spacial score (nSPS) is 14.0. The Bertz CT molecular complexity index is 665. The number of aliphatic hydroxyl groups excluding tert-OH is 3. The summed E-state index contributed by atoms with van der Waals surface area (Å²) < 4.78 is 0. The summed E-state index contributed by atoms with van der Waals surface area (Å²) in [5.41, 5.74) is 0. The maximum Gasteiger partial charge on any atom is 0.220 e. The van der Waals surface area contributed by atoms with Gasteiger partial charge in [-0.25, -0.2) is 0 Å². The molecule has 0 saturated carbocycles. The molecule has 0 aromatic carbocycles. The van der Waals surface area contributed by atoms with Gasteiger partial charge < -0.3 is 20.6 Å². The van der Waals surface area contributed by atoms with Crippen LogP contribution in [0.4, 0.5) is 0 Å². The van der Waals surface area contributed by atoms with Gasteiger partial charge in [-0.1, -0.05) is 179 Å². The number of hydrogen-bond acceptors (Lipinski definition) is 4. The second kappa shape index (κ2) is 35.7. The Kier molecular flexibility index (Phi) is 34.8. The van der Waals surface area contributed by atoms with Crippen molar-refractivity contribution >= 4 is 5.91 Å².